The number of para-hydroxylation sites is 1. The van der Waals surface area contributed by atoms with Gasteiger partial charge in [-0.2, -0.15) is 0 Å². The molecule has 3 rings (SSSR count). The number of rotatable bonds is 3. The lowest BCUT2D eigenvalue weighted by Gasteiger charge is -2.12. The van der Waals surface area contributed by atoms with E-state index >= 15 is 0 Å². The molecule has 0 amide bonds. The summed E-state index contributed by atoms with van der Waals surface area (Å²) in [7, 11) is 0. The number of benzene rings is 1. The molecule has 1 heterocycles. The Morgan fingerprint density at radius 2 is 1.96 bits per heavy atom. The van der Waals surface area contributed by atoms with Crippen LogP contribution in [0.15, 0.2) is 53.6 Å². The number of hydrogen-bond acceptors (Lipinski definition) is 4. The summed E-state index contributed by atoms with van der Waals surface area (Å²) in [6.07, 6.45) is 5.13. The highest BCUT2D eigenvalue weighted by atomic mass is 16.3. The molecule has 24 heavy (non-hydrogen) atoms. The smallest absolute Gasteiger partial charge is 0.231 e. The molecule has 0 aliphatic heterocycles. The predicted octanol–water partition coefficient (Wildman–Crippen LogP) is 3.54. The van der Waals surface area contributed by atoms with Gasteiger partial charge in [0.05, 0.1) is 5.57 Å². The zero-order valence-electron chi connectivity index (χ0n) is 13.4. The van der Waals surface area contributed by atoms with Gasteiger partial charge in [0.2, 0.25) is 11.6 Å². The molecule has 1 aromatic carbocycles. The third kappa shape index (κ3) is 2.54. The number of ketones is 2. The normalized spacial score (nSPS) is 15.0. The van der Waals surface area contributed by atoms with Crippen LogP contribution in [0.1, 0.15) is 25.0 Å². The van der Waals surface area contributed by atoms with Crippen molar-refractivity contribution < 1.29 is 19.8 Å². The first-order chi connectivity index (χ1) is 11.4. The zero-order chi connectivity index (χ0) is 17.4. The number of aliphatic hydroxyl groups is 2. The number of Topliss-reactive ketones (excluding diaryl/α,β-unsaturated/α-hetero) is 1. The van der Waals surface area contributed by atoms with Crippen LogP contribution in [0, 0.1) is 0 Å². The lowest BCUT2D eigenvalue weighted by Crippen LogP contribution is -2.18. The maximum Gasteiger partial charge on any atom is 0.231 e. The Hall–Kier alpha value is -3.08. The molecule has 3 N–H and O–H groups in total. The van der Waals surface area contributed by atoms with Gasteiger partial charge in [0.25, 0.3) is 0 Å². The third-order valence-electron chi connectivity index (χ3n) is 4.00. The molecule has 0 radical (unpaired) electrons. The van der Waals surface area contributed by atoms with Crippen LogP contribution in [0.2, 0.25) is 0 Å². The van der Waals surface area contributed by atoms with Gasteiger partial charge in [0, 0.05) is 28.7 Å². The fourth-order valence-electron chi connectivity index (χ4n) is 2.77. The van der Waals surface area contributed by atoms with E-state index in [9.17, 15) is 19.8 Å². The Morgan fingerprint density at radius 1 is 1.21 bits per heavy atom. The average molecular weight is 323 g/mol. The minimum Gasteiger partial charge on any atom is -0.504 e. The van der Waals surface area contributed by atoms with Crippen molar-refractivity contribution in [2.45, 2.75) is 20.3 Å². The zero-order valence-corrected chi connectivity index (χ0v) is 13.4. The van der Waals surface area contributed by atoms with Crippen molar-refractivity contribution in [3.05, 3.63) is 64.8 Å². The van der Waals surface area contributed by atoms with E-state index in [-0.39, 0.29) is 5.57 Å². The number of allylic oxidation sites excluding steroid dienone is 4. The van der Waals surface area contributed by atoms with E-state index in [1.165, 1.54) is 5.57 Å². The second kappa shape index (κ2) is 5.85. The number of aliphatic hydroxyl groups excluding tert-OH is 2. The number of nitrogens with one attached hydrogen (secondary N) is 1. The monoisotopic (exact) mass is 323 g/mol. The summed E-state index contributed by atoms with van der Waals surface area (Å²) in [5.41, 5.74) is 3.29. The van der Waals surface area contributed by atoms with E-state index < -0.39 is 23.1 Å². The minimum atomic E-state index is -0.780. The molecule has 1 aliphatic rings. The fraction of sp³-hybridized carbons (Fsp3) is 0.158. The van der Waals surface area contributed by atoms with Gasteiger partial charge in [-0.3, -0.25) is 9.59 Å². The predicted molar refractivity (Wildman–Crippen MR) is 91.7 cm³/mol. The summed E-state index contributed by atoms with van der Waals surface area (Å²) in [5, 5.41) is 20.4. The molecule has 2 aromatic rings. The SMILES string of the molecule is CC(C)=CCc1cccc2c(C3=C(O)C(=O)C=C(O)C3=O)c[nH]c12. The molecule has 1 aromatic heterocycles. The Bertz CT molecular complexity index is 953. The first-order valence-corrected chi connectivity index (χ1v) is 7.55. The second-order valence-electron chi connectivity index (χ2n) is 5.97. The number of hydrogen-bond donors (Lipinski definition) is 3. The van der Waals surface area contributed by atoms with Crippen molar-refractivity contribution in [1.29, 1.82) is 0 Å². The molecule has 5 heteroatoms. The maximum absolute atomic E-state index is 12.2. The van der Waals surface area contributed by atoms with Crippen molar-refractivity contribution in [2.24, 2.45) is 0 Å². The molecule has 0 spiro atoms. The van der Waals surface area contributed by atoms with Gasteiger partial charge in [0.15, 0.2) is 11.5 Å². The van der Waals surface area contributed by atoms with E-state index in [1.54, 1.807) is 12.3 Å². The van der Waals surface area contributed by atoms with E-state index in [2.05, 4.69) is 11.1 Å². The first-order valence-electron chi connectivity index (χ1n) is 7.55. The van der Waals surface area contributed by atoms with Gasteiger partial charge in [-0.05, 0) is 25.8 Å². The van der Waals surface area contributed by atoms with Gasteiger partial charge >= 0.3 is 0 Å². The van der Waals surface area contributed by atoms with Crippen molar-refractivity contribution in [3.63, 3.8) is 0 Å². The number of aromatic nitrogens is 1. The van der Waals surface area contributed by atoms with E-state index in [1.807, 2.05) is 26.0 Å². The molecular formula is C19H17NO4. The quantitative estimate of drug-likeness (QED) is 0.595. The van der Waals surface area contributed by atoms with Crippen LogP contribution >= 0.6 is 0 Å². The Labute approximate surface area is 138 Å². The summed E-state index contributed by atoms with van der Waals surface area (Å²) >= 11 is 0. The summed E-state index contributed by atoms with van der Waals surface area (Å²) < 4.78 is 0. The molecule has 0 saturated heterocycles. The van der Waals surface area contributed by atoms with Crippen molar-refractivity contribution in [2.75, 3.05) is 0 Å². The molecule has 0 atom stereocenters. The highest BCUT2D eigenvalue weighted by Crippen LogP contribution is 2.32. The third-order valence-corrected chi connectivity index (χ3v) is 4.00. The van der Waals surface area contributed by atoms with Crippen LogP contribution in [-0.4, -0.2) is 26.8 Å². The molecular weight excluding hydrogens is 306 g/mol. The van der Waals surface area contributed by atoms with E-state index in [4.69, 9.17) is 0 Å². The minimum absolute atomic E-state index is 0.175. The molecule has 1 aliphatic carbocycles. The molecule has 0 unspecified atom stereocenters. The first kappa shape index (κ1) is 15.8. The van der Waals surface area contributed by atoms with Gasteiger partial charge in [-0.1, -0.05) is 29.8 Å². The topological polar surface area (TPSA) is 90.4 Å². The van der Waals surface area contributed by atoms with Gasteiger partial charge in [0.1, 0.15) is 0 Å². The fourth-order valence-corrected chi connectivity index (χ4v) is 2.77. The molecule has 0 saturated carbocycles. The van der Waals surface area contributed by atoms with Crippen LogP contribution in [-0.2, 0) is 16.0 Å². The van der Waals surface area contributed by atoms with Crippen LogP contribution in [0.5, 0.6) is 0 Å². The summed E-state index contributed by atoms with van der Waals surface area (Å²) in [5.74, 6) is -2.85. The van der Waals surface area contributed by atoms with E-state index in [0.29, 0.717) is 10.9 Å². The molecule has 5 nitrogen and oxygen atoms in total. The van der Waals surface area contributed by atoms with Crippen LogP contribution in [0.3, 0.4) is 0 Å². The van der Waals surface area contributed by atoms with Gasteiger partial charge < -0.3 is 15.2 Å². The van der Waals surface area contributed by atoms with Crippen molar-refractivity contribution in [3.8, 4) is 0 Å². The van der Waals surface area contributed by atoms with Gasteiger partial charge in [-0.25, -0.2) is 0 Å². The lowest BCUT2D eigenvalue weighted by atomic mass is 9.92. The highest BCUT2D eigenvalue weighted by molar-refractivity contribution is 6.38. The lowest BCUT2D eigenvalue weighted by molar-refractivity contribution is -0.117. The number of H-pyrrole nitrogens is 1. The molecule has 0 fully saturated rings. The number of carbonyl (C=O) groups excluding carboxylic acids is 2. The van der Waals surface area contributed by atoms with Crippen molar-refractivity contribution in [1.82, 2.24) is 4.98 Å². The Balaban J connectivity index is 2.17. The summed E-state index contributed by atoms with van der Waals surface area (Å²) in [6.45, 7) is 4.04. The number of fused-ring (bicyclic) bond motifs is 1. The van der Waals surface area contributed by atoms with Crippen LogP contribution in [0.4, 0.5) is 0 Å². The second-order valence-corrected chi connectivity index (χ2v) is 5.97. The summed E-state index contributed by atoms with van der Waals surface area (Å²) in [6, 6.07) is 5.64. The average Bonchev–Trinajstić information content (AvgIpc) is 2.96. The Morgan fingerprint density at radius 3 is 2.67 bits per heavy atom. The number of aromatic amines is 1. The Kier molecular flexibility index (Phi) is 3.85. The van der Waals surface area contributed by atoms with Crippen LogP contribution < -0.4 is 0 Å². The molecule has 0 bridgehead atoms. The largest absolute Gasteiger partial charge is 0.504 e. The standard InChI is InChI=1S/C19H17NO4/c1-10(2)6-7-11-4-3-5-12-13(9-20-17(11)12)16-18(23)14(21)8-15(22)19(16)24/h3-6,8-9,20-21,24H,7H2,1-2H3. The summed E-state index contributed by atoms with van der Waals surface area (Å²) in [4.78, 5) is 27.0. The van der Waals surface area contributed by atoms with Gasteiger partial charge in [-0.15, -0.1) is 0 Å². The highest BCUT2D eigenvalue weighted by Gasteiger charge is 2.31. The maximum atomic E-state index is 12.2. The van der Waals surface area contributed by atoms with Crippen LogP contribution in [0.25, 0.3) is 16.5 Å². The molecule has 122 valence electrons. The van der Waals surface area contributed by atoms with Crippen molar-refractivity contribution >= 4 is 28.0 Å². The van der Waals surface area contributed by atoms with E-state index in [0.717, 1.165) is 23.6 Å². The number of carbonyl (C=O) groups is 2.